The molecule has 19 heavy (non-hydrogen) atoms. The van der Waals surface area contributed by atoms with Gasteiger partial charge in [-0.3, -0.25) is 0 Å². The highest BCUT2D eigenvalue weighted by Gasteiger charge is 2.20. The Hall–Kier alpha value is -1.89. The number of nitriles is 1. The van der Waals surface area contributed by atoms with E-state index in [1.54, 1.807) is 21.3 Å². The Morgan fingerprint density at radius 2 is 1.58 bits per heavy atom. The lowest BCUT2D eigenvalue weighted by Crippen LogP contribution is -2.11. The Morgan fingerprint density at radius 1 is 1.05 bits per heavy atom. The lowest BCUT2D eigenvalue weighted by atomic mass is 9.89. The summed E-state index contributed by atoms with van der Waals surface area (Å²) in [4.78, 5) is 0. The van der Waals surface area contributed by atoms with E-state index in [2.05, 4.69) is 6.07 Å². The van der Waals surface area contributed by atoms with Crippen LogP contribution >= 0.6 is 0 Å². The molecule has 0 N–H and O–H groups in total. The van der Waals surface area contributed by atoms with Crippen molar-refractivity contribution >= 4 is 0 Å². The third kappa shape index (κ3) is 3.54. The van der Waals surface area contributed by atoms with Gasteiger partial charge in [0.05, 0.1) is 33.3 Å². The van der Waals surface area contributed by atoms with E-state index in [0.717, 1.165) is 5.56 Å². The molecule has 0 aromatic heterocycles. The average molecular weight is 263 g/mol. The Labute approximate surface area is 114 Å². The summed E-state index contributed by atoms with van der Waals surface area (Å²) in [5.74, 6) is 2.27. The first-order chi connectivity index (χ1) is 9.07. The number of ether oxygens (including phenoxy) is 3. The van der Waals surface area contributed by atoms with Crippen molar-refractivity contribution in [1.82, 2.24) is 0 Å². The van der Waals surface area contributed by atoms with E-state index in [9.17, 15) is 5.26 Å². The van der Waals surface area contributed by atoms with Gasteiger partial charge in [-0.05, 0) is 12.3 Å². The molecule has 0 aliphatic rings. The smallest absolute Gasteiger partial charge is 0.129 e. The molecule has 0 amide bonds. The summed E-state index contributed by atoms with van der Waals surface area (Å²) < 4.78 is 16.0. The monoisotopic (exact) mass is 263 g/mol. The van der Waals surface area contributed by atoms with E-state index in [-0.39, 0.29) is 11.8 Å². The maximum Gasteiger partial charge on any atom is 0.129 e. The van der Waals surface area contributed by atoms with Crippen LogP contribution < -0.4 is 14.2 Å². The molecule has 0 saturated heterocycles. The van der Waals surface area contributed by atoms with Gasteiger partial charge in [0.25, 0.3) is 0 Å². The van der Waals surface area contributed by atoms with Crippen molar-refractivity contribution in [2.75, 3.05) is 21.3 Å². The van der Waals surface area contributed by atoms with Crippen LogP contribution in [0.4, 0.5) is 0 Å². The molecular formula is C15H21NO3. The molecular weight excluding hydrogens is 242 g/mol. The highest BCUT2D eigenvalue weighted by Crippen LogP contribution is 2.36. The molecule has 4 heteroatoms. The summed E-state index contributed by atoms with van der Waals surface area (Å²) in [5.41, 5.74) is 0.908. The van der Waals surface area contributed by atoms with Crippen LogP contribution in [0.15, 0.2) is 12.1 Å². The molecule has 0 saturated carbocycles. The first kappa shape index (κ1) is 15.2. The number of benzene rings is 1. The van der Waals surface area contributed by atoms with Gasteiger partial charge in [0.15, 0.2) is 0 Å². The fraction of sp³-hybridized carbons (Fsp3) is 0.533. The molecule has 104 valence electrons. The second kappa shape index (κ2) is 6.89. The minimum absolute atomic E-state index is 0.0730. The Morgan fingerprint density at radius 3 is 1.89 bits per heavy atom. The van der Waals surface area contributed by atoms with Gasteiger partial charge in [0.1, 0.15) is 17.2 Å². The highest BCUT2D eigenvalue weighted by atomic mass is 16.5. The molecule has 4 nitrogen and oxygen atoms in total. The third-order valence-electron chi connectivity index (χ3n) is 3.21. The fourth-order valence-electron chi connectivity index (χ4n) is 1.93. The molecule has 1 rings (SSSR count). The van der Waals surface area contributed by atoms with E-state index in [1.165, 1.54) is 0 Å². The second-order valence-corrected chi connectivity index (χ2v) is 4.69. The van der Waals surface area contributed by atoms with Gasteiger partial charge < -0.3 is 14.2 Å². The maximum absolute atomic E-state index is 9.23. The Bertz CT molecular complexity index is 438. The number of hydrogen-bond donors (Lipinski definition) is 0. The predicted molar refractivity (Wildman–Crippen MR) is 73.7 cm³/mol. The number of methoxy groups -OCH3 is 3. The fourth-order valence-corrected chi connectivity index (χ4v) is 1.93. The van der Waals surface area contributed by atoms with Crippen LogP contribution in [0.5, 0.6) is 17.2 Å². The molecule has 0 fully saturated rings. The first-order valence-electron chi connectivity index (χ1n) is 6.25. The maximum atomic E-state index is 9.23. The molecule has 0 bridgehead atoms. The van der Waals surface area contributed by atoms with Crippen LogP contribution in [0, 0.1) is 23.2 Å². The molecule has 1 aromatic carbocycles. The van der Waals surface area contributed by atoms with Crippen molar-refractivity contribution in [1.29, 1.82) is 5.26 Å². The van der Waals surface area contributed by atoms with Gasteiger partial charge >= 0.3 is 0 Å². The lowest BCUT2D eigenvalue weighted by Gasteiger charge is -2.18. The SMILES string of the molecule is COc1cc(OC)c(CC(C#N)C(C)C)c(OC)c1. The van der Waals surface area contributed by atoms with Crippen molar-refractivity contribution in [3.05, 3.63) is 17.7 Å². The van der Waals surface area contributed by atoms with Crippen LogP contribution in [0.1, 0.15) is 19.4 Å². The van der Waals surface area contributed by atoms with E-state index in [4.69, 9.17) is 14.2 Å². The number of hydrogen-bond acceptors (Lipinski definition) is 4. The van der Waals surface area contributed by atoms with Crippen molar-refractivity contribution in [2.45, 2.75) is 20.3 Å². The predicted octanol–water partition coefficient (Wildman–Crippen LogP) is 3.05. The lowest BCUT2D eigenvalue weighted by molar-refractivity contribution is 0.361. The molecule has 0 spiro atoms. The summed E-state index contributed by atoms with van der Waals surface area (Å²) in [7, 11) is 4.81. The van der Waals surface area contributed by atoms with Gasteiger partial charge in [-0.25, -0.2) is 0 Å². The van der Waals surface area contributed by atoms with Crippen molar-refractivity contribution in [2.24, 2.45) is 11.8 Å². The Kier molecular flexibility index (Phi) is 5.50. The van der Waals surface area contributed by atoms with Crippen LogP contribution in [0.25, 0.3) is 0 Å². The molecule has 0 heterocycles. The van der Waals surface area contributed by atoms with Gasteiger partial charge in [0.2, 0.25) is 0 Å². The average Bonchev–Trinajstić information content (AvgIpc) is 2.43. The number of rotatable bonds is 6. The molecule has 1 unspecified atom stereocenters. The summed E-state index contributed by atoms with van der Waals surface area (Å²) in [6.07, 6.45) is 0.602. The normalized spacial score (nSPS) is 11.8. The largest absolute Gasteiger partial charge is 0.496 e. The summed E-state index contributed by atoms with van der Waals surface area (Å²) in [6, 6.07) is 5.96. The van der Waals surface area contributed by atoms with Crippen molar-refractivity contribution in [3.8, 4) is 23.3 Å². The van der Waals surface area contributed by atoms with Gasteiger partial charge in [0, 0.05) is 17.7 Å². The second-order valence-electron chi connectivity index (χ2n) is 4.69. The van der Waals surface area contributed by atoms with E-state index >= 15 is 0 Å². The van der Waals surface area contributed by atoms with Gasteiger partial charge in [-0.1, -0.05) is 13.8 Å². The molecule has 0 aliphatic carbocycles. The molecule has 1 aromatic rings. The molecule has 0 radical (unpaired) electrons. The summed E-state index contributed by atoms with van der Waals surface area (Å²) >= 11 is 0. The quantitative estimate of drug-likeness (QED) is 0.791. The van der Waals surface area contributed by atoms with Gasteiger partial charge in [-0.15, -0.1) is 0 Å². The third-order valence-corrected chi connectivity index (χ3v) is 3.21. The highest BCUT2D eigenvalue weighted by molar-refractivity contribution is 5.51. The topological polar surface area (TPSA) is 51.5 Å². The van der Waals surface area contributed by atoms with Crippen LogP contribution in [0.2, 0.25) is 0 Å². The molecule has 1 atom stereocenters. The zero-order valence-corrected chi connectivity index (χ0v) is 12.2. The minimum atomic E-state index is -0.0730. The van der Waals surface area contributed by atoms with E-state index < -0.39 is 0 Å². The van der Waals surface area contributed by atoms with Crippen LogP contribution in [-0.2, 0) is 6.42 Å². The van der Waals surface area contributed by atoms with Gasteiger partial charge in [-0.2, -0.15) is 5.26 Å². The van der Waals surface area contributed by atoms with Crippen LogP contribution in [-0.4, -0.2) is 21.3 Å². The van der Waals surface area contributed by atoms with E-state index in [1.807, 2.05) is 26.0 Å². The van der Waals surface area contributed by atoms with Crippen LogP contribution in [0.3, 0.4) is 0 Å². The van der Waals surface area contributed by atoms with Crippen molar-refractivity contribution < 1.29 is 14.2 Å². The van der Waals surface area contributed by atoms with Crippen molar-refractivity contribution in [3.63, 3.8) is 0 Å². The Balaban J connectivity index is 3.21. The zero-order valence-electron chi connectivity index (χ0n) is 12.2. The minimum Gasteiger partial charge on any atom is -0.496 e. The summed E-state index contributed by atoms with van der Waals surface area (Å²) in [5, 5.41) is 9.23. The zero-order chi connectivity index (χ0) is 14.4. The summed E-state index contributed by atoms with van der Waals surface area (Å²) in [6.45, 7) is 4.08. The van der Waals surface area contributed by atoms with E-state index in [0.29, 0.717) is 23.7 Å². The standard InChI is InChI=1S/C15H21NO3/c1-10(2)11(9-16)6-13-14(18-4)7-12(17-3)8-15(13)19-5/h7-8,10-11H,6H2,1-5H3. The molecule has 0 aliphatic heterocycles. The number of nitrogens with zero attached hydrogens (tertiary/aromatic N) is 1. The first-order valence-corrected chi connectivity index (χ1v) is 6.25.